The molecule has 3 rings (SSSR count). The van der Waals surface area contributed by atoms with Gasteiger partial charge in [-0.25, -0.2) is 4.79 Å². The molecule has 1 saturated carbocycles. The predicted molar refractivity (Wildman–Crippen MR) is 100 cm³/mol. The number of nitrogens with zero attached hydrogens (tertiary/aromatic N) is 1. The lowest BCUT2D eigenvalue weighted by molar-refractivity contribution is 0.412. The summed E-state index contributed by atoms with van der Waals surface area (Å²) in [5.74, 6) is 0. The van der Waals surface area contributed by atoms with Gasteiger partial charge in [-0.2, -0.15) is 5.10 Å². The molecular formula is C18H21N3O2S. The Labute approximate surface area is 146 Å². The summed E-state index contributed by atoms with van der Waals surface area (Å²) in [6, 6.07) is 9.62. The molecule has 0 radical (unpaired) electrons. The van der Waals surface area contributed by atoms with Crippen LogP contribution in [0.4, 0.5) is 0 Å². The van der Waals surface area contributed by atoms with Gasteiger partial charge in [0.25, 0.3) is 0 Å². The summed E-state index contributed by atoms with van der Waals surface area (Å²) in [5.41, 5.74) is 3.98. The minimum Gasteiger partial charge on any atom is -0.422 e. The number of rotatable bonds is 3. The van der Waals surface area contributed by atoms with Crippen LogP contribution in [0.3, 0.4) is 0 Å². The third-order valence-electron chi connectivity index (χ3n) is 4.30. The fourth-order valence-corrected chi connectivity index (χ4v) is 3.19. The van der Waals surface area contributed by atoms with E-state index < -0.39 is 5.63 Å². The van der Waals surface area contributed by atoms with Crippen molar-refractivity contribution in [1.82, 2.24) is 10.7 Å². The van der Waals surface area contributed by atoms with Crippen LogP contribution in [0, 0.1) is 0 Å². The summed E-state index contributed by atoms with van der Waals surface area (Å²) in [7, 11) is 0. The molecule has 0 spiro atoms. The molecule has 0 bridgehead atoms. The van der Waals surface area contributed by atoms with Gasteiger partial charge in [0.05, 0.1) is 11.3 Å². The summed E-state index contributed by atoms with van der Waals surface area (Å²) in [6.07, 6.45) is 6.05. The summed E-state index contributed by atoms with van der Waals surface area (Å²) in [6.45, 7) is 1.76. The highest BCUT2D eigenvalue weighted by Crippen LogP contribution is 2.17. The number of thiocarbonyl (C=S) groups is 1. The fourth-order valence-electron chi connectivity index (χ4n) is 2.97. The SMILES string of the molecule is C/C(=N/NC(=S)NC1CCCCC1)c1cc2ccccc2oc1=O. The molecule has 5 nitrogen and oxygen atoms in total. The lowest BCUT2D eigenvalue weighted by atomic mass is 9.96. The van der Waals surface area contributed by atoms with E-state index in [9.17, 15) is 4.79 Å². The molecule has 0 unspecified atom stereocenters. The van der Waals surface area contributed by atoms with E-state index in [-0.39, 0.29) is 0 Å². The summed E-state index contributed by atoms with van der Waals surface area (Å²) < 4.78 is 5.33. The van der Waals surface area contributed by atoms with E-state index in [2.05, 4.69) is 15.8 Å². The monoisotopic (exact) mass is 343 g/mol. The van der Waals surface area contributed by atoms with Crippen molar-refractivity contribution in [1.29, 1.82) is 0 Å². The molecule has 2 aromatic rings. The van der Waals surface area contributed by atoms with Crippen LogP contribution < -0.4 is 16.4 Å². The van der Waals surface area contributed by atoms with Gasteiger partial charge in [0.1, 0.15) is 5.58 Å². The molecule has 6 heteroatoms. The average molecular weight is 343 g/mol. The minimum atomic E-state index is -0.400. The van der Waals surface area contributed by atoms with Crippen molar-refractivity contribution in [2.75, 3.05) is 0 Å². The molecule has 24 heavy (non-hydrogen) atoms. The molecule has 1 aliphatic carbocycles. The number of hydrazone groups is 1. The van der Waals surface area contributed by atoms with Crippen molar-refractivity contribution in [3.8, 4) is 0 Å². The summed E-state index contributed by atoms with van der Waals surface area (Å²) in [5, 5.41) is 8.87. The Bertz CT molecular complexity index is 822. The van der Waals surface area contributed by atoms with Gasteiger partial charge in [-0.1, -0.05) is 37.5 Å². The smallest absolute Gasteiger partial charge is 0.345 e. The highest BCUT2D eigenvalue weighted by atomic mass is 32.1. The third-order valence-corrected chi connectivity index (χ3v) is 4.51. The molecule has 1 heterocycles. The number of fused-ring (bicyclic) bond motifs is 1. The molecule has 126 valence electrons. The second-order valence-electron chi connectivity index (χ2n) is 6.10. The normalized spacial score (nSPS) is 16.1. The standard InChI is InChI=1S/C18H21N3O2S/c1-12(20-21-18(24)19-14-8-3-2-4-9-14)15-11-13-7-5-6-10-16(13)23-17(15)22/h5-7,10-11,14H,2-4,8-9H2,1H3,(H2,19,21,24)/b20-12-. The highest BCUT2D eigenvalue weighted by molar-refractivity contribution is 7.80. The summed E-state index contributed by atoms with van der Waals surface area (Å²) >= 11 is 5.28. The van der Waals surface area contributed by atoms with Gasteiger partial charge >= 0.3 is 5.63 Å². The van der Waals surface area contributed by atoms with Crippen molar-refractivity contribution in [2.24, 2.45) is 5.10 Å². The van der Waals surface area contributed by atoms with Crippen molar-refractivity contribution >= 4 is 34.0 Å². The molecule has 2 N–H and O–H groups in total. The largest absolute Gasteiger partial charge is 0.422 e. The van der Waals surface area contributed by atoms with E-state index in [1.165, 1.54) is 19.3 Å². The van der Waals surface area contributed by atoms with Crippen molar-refractivity contribution in [3.05, 3.63) is 46.3 Å². The zero-order valence-electron chi connectivity index (χ0n) is 13.7. The Hall–Kier alpha value is -2.21. The van der Waals surface area contributed by atoms with Crippen LogP contribution in [-0.2, 0) is 0 Å². The Kier molecular flexibility index (Phi) is 5.25. The first kappa shape index (κ1) is 16.6. The Morgan fingerprint density at radius 2 is 2.00 bits per heavy atom. The van der Waals surface area contributed by atoms with Crippen LogP contribution in [0.1, 0.15) is 44.6 Å². The van der Waals surface area contributed by atoms with Gasteiger partial charge in [-0.15, -0.1) is 0 Å². The predicted octanol–water partition coefficient (Wildman–Crippen LogP) is 3.31. The van der Waals surface area contributed by atoms with Gasteiger partial charge in [0, 0.05) is 11.4 Å². The molecule has 0 aliphatic heterocycles. The molecule has 1 aliphatic rings. The van der Waals surface area contributed by atoms with E-state index in [0.29, 0.717) is 28.0 Å². The first-order valence-electron chi connectivity index (χ1n) is 8.27. The Morgan fingerprint density at radius 3 is 2.79 bits per heavy atom. The van der Waals surface area contributed by atoms with Gasteiger partial charge in [-0.3, -0.25) is 5.43 Å². The molecule has 1 aromatic carbocycles. The quantitative estimate of drug-likeness (QED) is 0.387. The maximum absolute atomic E-state index is 12.1. The van der Waals surface area contributed by atoms with Crippen LogP contribution in [0.25, 0.3) is 11.0 Å². The van der Waals surface area contributed by atoms with Gasteiger partial charge in [-0.05, 0) is 44.1 Å². The van der Waals surface area contributed by atoms with Gasteiger partial charge < -0.3 is 9.73 Å². The third kappa shape index (κ3) is 4.00. The number of nitrogens with one attached hydrogen (secondary N) is 2. The second kappa shape index (κ2) is 7.57. The van der Waals surface area contributed by atoms with E-state index in [1.807, 2.05) is 18.2 Å². The van der Waals surface area contributed by atoms with E-state index in [1.54, 1.807) is 19.1 Å². The molecule has 0 amide bonds. The van der Waals surface area contributed by atoms with E-state index in [4.69, 9.17) is 16.6 Å². The van der Waals surface area contributed by atoms with Crippen LogP contribution in [0.2, 0.25) is 0 Å². The van der Waals surface area contributed by atoms with Crippen molar-refractivity contribution in [2.45, 2.75) is 45.1 Å². The zero-order valence-corrected chi connectivity index (χ0v) is 14.5. The summed E-state index contributed by atoms with van der Waals surface area (Å²) in [4.78, 5) is 12.1. The van der Waals surface area contributed by atoms with Crippen LogP contribution in [0.15, 0.2) is 44.6 Å². The Balaban J connectivity index is 1.70. The number of hydrogen-bond donors (Lipinski definition) is 2. The molecule has 0 saturated heterocycles. The molecule has 1 fully saturated rings. The van der Waals surface area contributed by atoms with E-state index in [0.717, 1.165) is 18.2 Å². The maximum Gasteiger partial charge on any atom is 0.345 e. The zero-order chi connectivity index (χ0) is 16.9. The Morgan fingerprint density at radius 1 is 1.25 bits per heavy atom. The van der Waals surface area contributed by atoms with Crippen LogP contribution in [-0.4, -0.2) is 16.9 Å². The minimum absolute atomic E-state index is 0.400. The number of benzene rings is 1. The lowest BCUT2D eigenvalue weighted by Gasteiger charge is -2.23. The van der Waals surface area contributed by atoms with Gasteiger partial charge in [0.15, 0.2) is 5.11 Å². The van der Waals surface area contributed by atoms with E-state index >= 15 is 0 Å². The van der Waals surface area contributed by atoms with Crippen molar-refractivity contribution < 1.29 is 4.42 Å². The second-order valence-corrected chi connectivity index (χ2v) is 6.51. The molecule has 1 aromatic heterocycles. The van der Waals surface area contributed by atoms with Crippen LogP contribution in [0.5, 0.6) is 0 Å². The maximum atomic E-state index is 12.1. The average Bonchev–Trinajstić information content (AvgIpc) is 2.60. The first-order chi connectivity index (χ1) is 11.6. The fraction of sp³-hybridized carbons (Fsp3) is 0.389. The molecule has 0 atom stereocenters. The highest BCUT2D eigenvalue weighted by Gasteiger charge is 2.14. The molecular weight excluding hydrogens is 322 g/mol. The topological polar surface area (TPSA) is 66.6 Å². The number of para-hydroxylation sites is 1. The first-order valence-corrected chi connectivity index (χ1v) is 8.68. The number of hydrogen-bond acceptors (Lipinski definition) is 4. The van der Waals surface area contributed by atoms with Crippen LogP contribution >= 0.6 is 12.2 Å². The lowest BCUT2D eigenvalue weighted by Crippen LogP contribution is -2.41. The van der Waals surface area contributed by atoms with Crippen molar-refractivity contribution in [3.63, 3.8) is 0 Å². The van der Waals surface area contributed by atoms with Gasteiger partial charge in [0.2, 0.25) is 0 Å².